The normalized spacial score (nSPS) is 24.0. The van der Waals surface area contributed by atoms with Crippen LogP contribution < -0.4 is 10.6 Å². The minimum Gasteiger partial charge on any atom is -0.444 e. The molecule has 1 saturated carbocycles. The molecule has 330 valence electrons. The van der Waals surface area contributed by atoms with Gasteiger partial charge in [-0.3, -0.25) is 9.59 Å². The van der Waals surface area contributed by atoms with Crippen molar-refractivity contribution in [3.63, 3.8) is 0 Å². The highest BCUT2D eigenvalue weighted by Gasteiger charge is 2.43. The lowest BCUT2D eigenvalue weighted by Gasteiger charge is -2.37. The SMILES string of the molecule is CC(C)(C)OC(=O)NC1CCC(C(=O)N2CCC[C@H]2c2ncc(-c3ccc(-c4ccc(-c5cnc([C@@H]6CCC(C7CCCCN7)N6C(=O)Cc6ccccc6)[nH]5)cc4)cc3)[nH]2)CC1. The van der Waals surface area contributed by atoms with Gasteiger partial charge in [-0.15, -0.1) is 0 Å². The van der Waals surface area contributed by atoms with E-state index in [0.717, 1.165) is 122 Å². The van der Waals surface area contributed by atoms with Gasteiger partial charge in [-0.05, 0) is 119 Å². The number of nitrogens with zero attached hydrogens (tertiary/aromatic N) is 4. The molecule has 3 aliphatic heterocycles. The largest absolute Gasteiger partial charge is 0.444 e. The van der Waals surface area contributed by atoms with E-state index in [-0.39, 0.29) is 41.9 Å². The van der Waals surface area contributed by atoms with Crippen molar-refractivity contribution in [2.45, 2.75) is 134 Å². The quantitative estimate of drug-likeness (QED) is 0.110. The average molecular weight is 851 g/mol. The van der Waals surface area contributed by atoms with Crippen LogP contribution in [0.4, 0.5) is 4.79 Å². The highest BCUT2D eigenvalue weighted by Crippen LogP contribution is 2.40. The van der Waals surface area contributed by atoms with E-state index in [9.17, 15) is 14.4 Å². The fourth-order valence-electron chi connectivity index (χ4n) is 10.4. The highest BCUT2D eigenvalue weighted by atomic mass is 16.6. The van der Waals surface area contributed by atoms with Crippen molar-refractivity contribution < 1.29 is 19.1 Å². The van der Waals surface area contributed by atoms with Crippen LogP contribution in [0.15, 0.2) is 91.3 Å². The third kappa shape index (κ3) is 9.76. The number of carbonyl (C=O) groups excluding carboxylic acids is 3. The second-order valence-electron chi connectivity index (χ2n) is 19.1. The zero-order chi connectivity index (χ0) is 43.5. The van der Waals surface area contributed by atoms with Gasteiger partial charge in [0.15, 0.2) is 0 Å². The molecular formula is C51H62N8O4. The van der Waals surface area contributed by atoms with Crippen LogP contribution in [-0.4, -0.2) is 84.5 Å². The molecule has 3 amide bonds. The predicted octanol–water partition coefficient (Wildman–Crippen LogP) is 9.30. The van der Waals surface area contributed by atoms with E-state index in [2.05, 4.69) is 74.0 Å². The number of ether oxygens (including phenoxy) is 1. The lowest BCUT2D eigenvalue weighted by atomic mass is 9.85. The van der Waals surface area contributed by atoms with Gasteiger partial charge in [0.2, 0.25) is 11.8 Å². The summed E-state index contributed by atoms with van der Waals surface area (Å²) >= 11 is 0. The topological polar surface area (TPSA) is 148 Å². The summed E-state index contributed by atoms with van der Waals surface area (Å²) in [6, 6.07) is 27.5. The smallest absolute Gasteiger partial charge is 0.407 e. The number of amides is 3. The number of aromatic amines is 2. The van der Waals surface area contributed by atoms with E-state index >= 15 is 0 Å². The minimum atomic E-state index is -0.538. The number of nitrogens with one attached hydrogen (secondary N) is 4. The molecule has 63 heavy (non-hydrogen) atoms. The van der Waals surface area contributed by atoms with Crippen LogP contribution in [0.5, 0.6) is 0 Å². The van der Waals surface area contributed by atoms with Crippen molar-refractivity contribution in [3.8, 4) is 33.6 Å². The van der Waals surface area contributed by atoms with Gasteiger partial charge >= 0.3 is 6.09 Å². The Labute approximate surface area is 371 Å². The number of rotatable bonds is 10. The Bertz CT molecular complexity index is 2340. The number of benzene rings is 3. The predicted molar refractivity (Wildman–Crippen MR) is 244 cm³/mol. The third-order valence-corrected chi connectivity index (χ3v) is 13.6. The number of alkyl carbamates (subject to hydrolysis) is 1. The first-order valence-corrected chi connectivity index (χ1v) is 23.3. The van der Waals surface area contributed by atoms with Crippen LogP contribution >= 0.6 is 0 Å². The number of piperidine rings is 1. The van der Waals surface area contributed by atoms with Gasteiger partial charge in [0.1, 0.15) is 17.2 Å². The molecule has 4 atom stereocenters. The maximum atomic E-state index is 14.0. The number of aromatic nitrogens is 4. The third-order valence-electron chi connectivity index (χ3n) is 13.6. The number of imidazole rings is 2. The maximum Gasteiger partial charge on any atom is 0.407 e. The summed E-state index contributed by atoms with van der Waals surface area (Å²) in [5, 5.41) is 6.71. The Morgan fingerprint density at radius 1 is 0.698 bits per heavy atom. The van der Waals surface area contributed by atoms with Crippen molar-refractivity contribution in [2.24, 2.45) is 5.92 Å². The zero-order valence-electron chi connectivity index (χ0n) is 36.9. The molecule has 1 aliphatic carbocycles. The molecule has 12 nitrogen and oxygen atoms in total. The van der Waals surface area contributed by atoms with E-state index in [1.807, 2.05) is 68.4 Å². The Morgan fingerprint density at radius 2 is 1.32 bits per heavy atom. The molecule has 0 spiro atoms. The van der Waals surface area contributed by atoms with Crippen LogP contribution in [0.2, 0.25) is 0 Å². The van der Waals surface area contributed by atoms with Gasteiger partial charge in [0.05, 0.1) is 42.3 Å². The first-order chi connectivity index (χ1) is 30.6. The van der Waals surface area contributed by atoms with Crippen molar-refractivity contribution in [1.82, 2.24) is 40.4 Å². The number of hydrogen-bond donors (Lipinski definition) is 4. The van der Waals surface area contributed by atoms with Crippen LogP contribution in [0.25, 0.3) is 33.6 Å². The summed E-state index contributed by atoms with van der Waals surface area (Å²) in [5.41, 5.74) is 6.68. The summed E-state index contributed by atoms with van der Waals surface area (Å²) in [6.45, 7) is 7.32. The van der Waals surface area contributed by atoms with E-state index < -0.39 is 11.7 Å². The van der Waals surface area contributed by atoms with E-state index in [1.54, 1.807) is 0 Å². The molecule has 2 unspecified atom stereocenters. The molecule has 4 aliphatic rings. The Morgan fingerprint density at radius 3 is 1.92 bits per heavy atom. The van der Waals surface area contributed by atoms with Gasteiger partial charge < -0.3 is 35.1 Å². The molecule has 9 rings (SSSR count). The van der Waals surface area contributed by atoms with E-state index in [4.69, 9.17) is 14.7 Å². The number of likely N-dealkylation sites (tertiary alicyclic amines) is 2. The summed E-state index contributed by atoms with van der Waals surface area (Å²) in [5.74, 6) is 2.00. The van der Waals surface area contributed by atoms with Crippen LogP contribution in [0.3, 0.4) is 0 Å². The van der Waals surface area contributed by atoms with Gasteiger partial charge in [-0.2, -0.15) is 0 Å². The molecule has 5 aromatic rings. The molecule has 2 aromatic heterocycles. The Balaban J connectivity index is 0.819. The van der Waals surface area contributed by atoms with Crippen LogP contribution in [0.1, 0.15) is 121 Å². The second kappa shape index (κ2) is 18.5. The zero-order valence-corrected chi connectivity index (χ0v) is 36.9. The van der Waals surface area contributed by atoms with Crippen LogP contribution in [-0.2, 0) is 20.7 Å². The van der Waals surface area contributed by atoms with Gasteiger partial charge in [0.25, 0.3) is 0 Å². The maximum absolute atomic E-state index is 14.0. The van der Waals surface area contributed by atoms with Gasteiger partial charge in [-0.25, -0.2) is 14.8 Å². The van der Waals surface area contributed by atoms with Gasteiger partial charge in [-0.1, -0.05) is 85.3 Å². The summed E-state index contributed by atoms with van der Waals surface area (Å²) in [4.78, 5) is 61.1. The molecule has 0 radical (unpaired) electrons. The number of carbonyl (C=O) groups is 3. The molecule has 4 fully saturated rings. The standard InChI is InChI=1S/C51H62N8O4/c1-51(2,3)63-50(62)55-39-24-22-38(23-25-39)49(61)58-29-9-13-44(58)47-53-31-41(56-47)36-18-14-34(15-19-36)35-16-20-37(21-17-35)42-32-54-48(57-42)45-27-26-43(40-12-7-8-28-52-40)59(45)46(60)30-33-10-5-4-6-11-33/h4-6,10-11,14-21,31-32,38-40,43-45,52H,7-9,12-13,22-30H2,1-3H3,(H,53,56)(H,54,57)(H,55,62)/t38?,39?,40?,43?,44-,45-/m0/s1. The minimum absolute atomic E-state index is 0.0312. The van der Waals surface area contributed by atoms with Crippen molar-refractivity contribution >= 4 is 17.9 Å². The second-order valence-corrected chi connectivity index (χ2v) is 19.1. The van der Waals surface area contributed by atoms with Gasteiger partial charge in [0, 0.05) is 30.6 Å². The van der Waals surface area contributed by atoms with Crippen molar-refractivity contribution in [1.29, 1.82) is 0 Å². The number of H-pyrrole nitrogens is 2. The van der Waals surface area contributed by atoms with E-state index in [1.165, 1.54) is 12.8 Å². The molecular weight excluding hydrogens is 789 g/mol. The number of hydrogen-bond acceptors (Lipinski definition) is 7. The lowest BCUT2D eigenvalue weighted by molar-refractivity contribution is -0.138. The summed E-state index contributed by atoms with van der Waals surface area (Å²) in [7, 11) is 0. The average Bonchev–Trinajstić information content (AvgIpc) is 4.14. The van der Waals surface area contributed by atoms with Crippen LogP contribution in [0, 0.1) is 5.92 Å². The monoisotopic (exact) mass is 850 g/mol. The molecule has 3 aromatic carbocycles. The fraction of sp³-hybridized carbons (Fsp3) is 0.471. The highest BCUT2D eigenvalue weighted by molar-refractivity contribution is 5.81. The molecule has 12 heteroatoms. The lowest BCUT2D eigenvalue weighted by Crippen LogP contribution is -2.51. The van der Waals surface area contributed by atoms with Crippen molar-refractivity contribution in [2.75, 3.05) is 13.1 Å². The summed E-state index contributed by atoms with van der Waals surface area (Å²) in [6.07, 6.45) is 14.0. The molecule has 3 saturated heterocycles. The molecule has 5 heterocycles. The van der Waals surface area contributed by atoms with Crippen molar-refractivity contribution in [3.05, 3.63) is 108 Å². The summed E-state index contributed by atoms with van der Waals surface area (Å²) < 4.78 is 5.43. The first kappa shape index (κ1) is 42.5. The molecule has 0 bridgehead atoms. The molecule has 4 N–H and O–H groups in total. The Hall–Kier alpha value is -5.75. The fourth-order valence-corrected chi connectivity index (χ4v) is 10.4. The first-order valence-electron chi connectivity index (χ1n) is 23.3. The Kier molecular flexibility index (Phi) is 12.5. The van der Waals surface area contributed by atoms with E-state index in [0.29, 0.717) is 12.5 Å².